The van der Waals surface area contributed by atoms with Crippen molar-refractivity contribution >= 4 is 0 Å². The third kappa shape index (κ3) is 32.2. The van der Waals surface area contributed by atoms with Gasteiger partial charge in [-0.3, -0.25) is 0 Å². The van der Waals surface area contributed by atoms with E-state index in [0.29, 0.717) is 11.3 Å². The summed E-state index contributed by atoms with van der Waals surface area (Å²) in [6, 6.07) is 151. The molecule has 0 N–H and O–H groups in total. The number of nitrogens with zero attached hydrogens (tertiary/aromatic N) is 8. The number of benzene rings is 12. The van der Waals surface area contributed by atoms with Crippen LogP contribution in [-0.4, -0.2) is 39.9 Å². The number of rotatable bonds is 12. The Kier molecular flexibility index (Phi) is 38.9. The summed E-state index contributed by atoms with van der Waals surface area (Å²) in [7, 11) is 0. The normalized spacial score (nSPS) is 10.8. The van der Waals surface area contributed by atoms with Crippen LogP contribution in [-0.2, 0) is 80.4 Å². The van der Waals surface area contributed by atoms with Crippen LogP contribution in [0.2, 0.25) is 0 Å². The summed E-state index contributed by atoms with van der Waals surface area (Å²) in [5.74, 6) is 0. The van der Waals surface area contributed by atoms with Gasteiger partial charge in [0, 0.05) is 138 Å². The Bertz CT molecular complexity index is 6550. The number of aryl methyl sites for hydroxylation is 9. The molecule has 133 heavy (non-hydrogen) atoms. The van der Waals surface area contributed by atoms with Crippen LogP contribution in [0.15, 0.2) is 432 Å². The largest absolute Gasteiger partial charge is 0.305 e. The van der Waals surface area contributed by atoms with Gasteiger partial charge in [-0.1, -0.05) is 191 Å². The molecule has 8 nitrogen and oxygen atoms in total. The zero-order valence-corrected chi connectivity index (χ0v) is 84.0. The summed E-state index contributed by atoms with van der Waals surface area (Å²) in [6.45, 7) is 9.63. The van der Waals surface area contributed by atoms with E-state index >= 15 is 0 Å². The van der Waals surface area contributed by atoms with E-state index < -0.39 is 13.7 Å². The molecule has 0 aliphatic heterocycles. The molecule has 12 aromatic carbocycles. The van der Waals surface area contributed by atoms with Crippen LogP contribution < -0.4 is 0 Å². The van der Waals surface area contributed by atoms with Crippen molar-refractivity contribution in [2.24, 2.45) is 0 Å². The molecule has 8 aromatic heterocycles. The van der Waals surface area contributed by atoms with Gasteiger partial charge in [0.25, 0.3) is 0 Å². The summed E-state index contributed by atoms with van der Waals surface area (Å²) >= 11 is 0. The van der Waals surface area contributed by atoms with E-state index in [4.69, 9.17) is 8.22 Å². The van der Waals surface area contributed by atoms with Crippen LogP contribution in [0.4, 0.5) is 0 Å². The molecule has 12 heteroatoms. The van der Waals surface area contributed by atoms with Crippen LogP contribution in [0.3, 0.4) is 0 Å². The van der Waals surface area contributed by atoms with E-state index in [1.54, 1.807) is 30.5 Å². The molecule has 0 amide bonds. The monoisotopic (exact) mass is 2440 g/mol. The second-order valence-corrected chi connectivity index (χ2v) is 30.0. The van der Waals surface area contributed by atoms with Gasteiger partial charge in [-0.25, -0.2) is 0 Å². The SMILES string of the molecule is Cc1ccc(-c2ccnc(-c3[c-]cccc3)c2)cc1.Cc1ccc(-c2ccnc(-c3[c-]cccc3)c2)cc1.Cc1ccc(-c2ccnc(-c3[c-]cccc3)c2)cc1.Cc1cnc(-c2[c-]cccc2)cc1C.Cc1cnc(-c2[c-]cccc2)cc1C.[2H]C([2H])([2H])c1cnc(-c2[c-]cccc2)cc1C([2H])([2H])[2H].[Ir].[Ir].[Ir].[Ir].[c-]1ccccc1-c1cc(-c2ccccc2)ccn1.[c-]1ccccc1-c1ccccn1. The second-order valence-electron chi connectivity index (χ2n) is 30.0. The van der Waals surface area contributed by atoms with Gasteiger partial charge in [0.1, 0.15) is 0 Å². The molecular formula is C121H98Ir4N8-8. The van der Waals surface area contributed by atoms with E-state index in [-0.39, 0.29) is 91.5 Å². The van der Waals surface area contributed by atoms with Crippen molar-refractivity contribution in [2.45, 2.75) is 62.2 Å². The van der Waals surface area contributed by atoms with Crippen LogP contribution in [0.25, 0.3) is 135 Å². The van der Waals surface area contributed by atoms with Gasteiger partial charge in [0.05, 0.1) is 0 Å². The number of pyridine rings is 8. The summed E-state index contributed by atoms with van der Waals surface area (Å²) in [4.78, 5) is 34.7. The molecule has 0 fully saturated rings. The molecule has 0 saturated carbocycles. The Morgan fingerprint density at radius 2 is 0.398 bits per heavy atom. The van der Waals surface area contributed by atoms with Crippen LogP contribution in [0, 0.1) is 111 Å². The zero-order valence-electron chi connectivity index (χ0n) is 80.4. The molecule has 666 valence electrons. The summed E-state index contributed by atoms with van der Waals surface area (Å²) in [6.07, 6.45) is 14.1. The van der Waals surface area contributed by atoms with Crippen molar-refractivity contribution in [3.63, 3.8) is 0 Å². The number of aromatic nitrogens is 8. The summed E-state index contributed by atoms with van der Waals surface area (Å²) in [5.41, 5.74) is 33.0. The van der Waals surface area contributed by atoms with Crippen molar-refractivity contribution in [1.82, 2.24) is 39.9 Å². The van der Waals surface area contributed by atoms with Gasteiger partial charge in [-0.2, -0.15) is 0 Å². The van der Waals surface area contributed by atoms with Crippen LogP contribution in [0.5, 0.6) is 0 Å². The van der Waals surface area contributed by atoms with Crippen molar-refractivity contribution in [3.05, 3.63) is 530 Å². The first kappa shape index (κ1) is 94.1. The standard InChI is InChI=1S/3C18H14N.C17H12N.3C13H12N.C11H8N.4Ir/c3*1-14-7-9-15(10-8-14)17-11-12-19-18(13-17)16-5-3-2-4-6-16;1-3-7-14(8-4-1)16-11-12-18-17(13-16)15-9-5-2-6-10-15;3*1-10-8-13(14-9-11(10)2)12-6-4-3-5-7-12;1-2-6-10(7-3-1)11-8-4-5-9-12-11;;;;/h3*2-5,7-13H,1H3;1-9,11-13H;3*3-6,8-9H,1-2H3;1-6,8-9H;;;;/q8*-1;;;;/i;;;;1D3,2D3;;;;;;;. The topological polar surface area (TPSA) is 103 Å². The van der Waals surface area contributed by atoms with E-state index in [9.17, 15) is 0 Å². The fourth-order valence-corrected chi connectivity index (χ4v) is 13.0. The first-order chi connectivity index (χ1) is 65.6. The van der Waals surface area contributed by atoms with Gasteiger partial charge in [0.15, 0.2) is 0 Å². The van der Waals surface area contributed by atoms with Crippen molar-refractivity contribution in [1.29, 1.82) is 0 Å². The molecule has 4 radical (unpaired) electrons. The molecule has 0 atom stereocenters. The average Bonchev–Trinajstić information content (AvgIpc) is 0.779. The maximum Gasteiger partial charge on any atom is 0.0280 e. The Morgan fingerprint density at radius 1 is 0.173 bits per heavy atom. The molecule has 0 aliphatic carbocycles. The van der Waals surface area contributed by atoms with E-state index in [1.807, 2.05) is 268 Å². The van der Waals surface area contributed by atoms with Gasteiger partial charge in [0.2, 0.25) is 0 Å². The Balaban J connectivity index is 0.000000178. The zero-order chi connectivity index (χ0) is 94.6. The van der Waals surface area contributed by atoms with Gasteiger partial charge < -0.3 is 39.9 Å². The molecule has 0 spiro atoms. The molecule has 20 rings (SSSR count). The van der Waals surface area contributed by atoms with E-state index in [2.05, 4.69) is 258 Å². The minimum Gasteiger partial charge on any atom is -0.305 e. The van der Waals surface area contributed by atoms with Crippen LogP contribution >= 0.6 is 0 Å². The maximum atomic E-state index is 7.50. The summed E-state index contributed by atoms with van der Waals surface area (Å²) in [5, 5.41) is 0. The van der Waals surface area contributed by atoms with Crippen molar-refractivity contribution in [2.75, 3.05) is 0 Å². The molecule has 8 heterocycles. The van der Waals surface area contributed by atoms with Gasteiger partial charge >= 0.3 is 0 Å². The molecule has 0 bridgehead atoms. The fourth-order valence-electron chi connectivity index (χ4n) is 13.0. The predicted molar refractivity (Wildman–Crippen MR) is 532 cm³/mol. The second kappa shape index (κ2) is 54.9. The molecule has 20 aromatic rings. The quantitative estimate of drug-likeness (QED) is 0.111. The number of hydrogen-bond donors (Lipinski definition) is 0. The maximum absolute atomic E-state index is 7.50. The third-order valence-corrected chi connectivity index (χ3v) is 20.5. The smallest absolute Gasteiger partial charge is 0.0280 e. The van der Waals surface area contributed by atoms with Crippen molar-refractivity contribution < 1.29 is 88.6 Å². The first-order valence-electron chi connectivity index (χ1n) is 45.3. The van der Waals surface area contributed by atoms with E-state index in [0.717, 1.165) is 85.0 Å². The third-order valence-electron chi connectivity index (χ3n) is 20.5. The average molecular weight is 2440 g/mol. The van der Waals surface area contributed by atoms with E-state index in [1.165, 1.54) is 89.5 Å². The number of hydrogen-bond acceptors (Lipinski definition) is 8. The minimum atomic E-state index is -2.50. The Labute approximate surface area is 848 Å². The molecule has 0 unspecified atom stereocenters. The predicted octanol–water partition coefficient (Wildman–Crippen LogP) is 29.8. The van der Waals surface area contributed by atoms with Crippen LogP contribution in [0.1, 0.15) is 58.3 Å². The Morgan fingerprint density at radius 3 is 0.639 bits per heavy atom. The molecule has 0 saturated heterocycles. The molecule has 0 aliphatic rings. The first-order valence-corrected chi connectivity index (χ1v) is 42.3. The fraction of sp³-hybridized carbons (Fsp3) is 0.0744. The molecular weight excluding hydrogens is 2330 g/mol. The van der Waals surface area contributed by atoms with Crippen molar-refractivity contribution in [3.8, 4) is 135 Å². The van der Waals surface area contributed by atoms with Gasteiger partial charge in [-0.05, 0) is 199 Å². The summed E-state index contributed by atoms with van der Waals surface area (Å²) < 4.78 is 44.7. The minimum absolute atomic E-state index is 0. The van der Waals surface area contributed by atoms with Gasteiger partial charge in [-0.15, -0.1) is 287 Å². The Hall–Kier alpha value is -13.6.